The predicted octanol–water partition coefficient (Wildman–Crippen LogP) is 6.12. The van der Waals surface area contributed by atoms with Gasteiger partial charge in [-0.2, -0.15) is 13.2 Å². The van der Waals surface area contributed by atoms with Crippen LogP contribution in [0.5, 0.6) is 0 Å². The zero-order valence-corrected chi connectivity index (χ0v) is 18.4. The van der Waals surface area contributed by atoms with Gasteiger partial charge in [0.05, 0.1) is 6.04 Å². The first-order valence-electron chi connectivity index (χ1n) is 10.5. The summed E-state index contributed by atoms with van der Waals surface area (Å²) >= 11 is 6.42. The Morgan fingerprint density at radius 3 is 2.41 bits per heavy atom. The highest BCUT2D eigenvalue weighted by Crippen LogP contribution is 2.34. The van der Waals surface area contributed by atoms with E-state index in [0.29, 0.717) is 0 Å². The highest BCUT2D eigenvalue weighted by atomic mass is 35.5. The van der Waals surface area contributed by atoms with E-state index in [2.05, 4.69) is 38.4 Å². The number of piperidine rings is 1. The van der Waals surface area contributed by atoms with Gasteiger partial charge in [0.15, 0.2) is 0 Å². The van der Waals surface area contributed by atoms with Gasteiger partial charge in [0.25, 0.3) is 0 Å². The third kappa shape index (κ3) is 5.22. The molecule has 1 saturated heterocycles. The minimum atomic E-state index is -4.49. The lowest BCUT2D eigenvalue weighted by Gasteiger charge is -2.38. The van der Waals surface area contributed by atoms with Crippen molar-refractivity contribution in [1.82, 2.24) is 14.9 Å². The second-order valence-electron chi connectivity index (χ2n) is 8.04. The Kier molecular flexibility index (Phi) is 6.67. The smallest absolute Gasteiger partial charge is 0.351 e. The van der Waals surface area contributed by atoms with E-state index in [1.165, 1.54) is 5.56 Å². The van der Waals surface area contributed by atoms with E-state index in [9.17, 15) is 13.2 Å². The molecule has 1 aliphatic rings. The number of rotatable bonds is 5. The molecular weight excluding hydrogens is 437 g/mol. The van der Waals surface area contributed by atoms with Crippen molar-refractivity contribution >= 4 is 17.5 Å². The molecule has 2 heterocycles. The second kappa shape index (κ2) is 9.46. The van der Waals surface area contributed by atoms with Gasteiger partial charge in [-0.3, -0.25) is 4.90 Å². The van der Waals surface area contributed by atoms with Gasteiger partial charge in [0.2, 0.25) is 5.95 Å². The fraction of sp³-hybridized carbons (Fsp3) is 0.333. The van der Waals surface area contributed by atoms with Crippen LogP contribution in [0.1, 0.15) is 41.3 Å². The number of hydrogen-bond acceptors (Lipinski definition) is 4. The summed E-state index contributed by atoms with van der Waals surface area (Å²) in [5.74, 6) is 0.0169. The van der Waals surface area contributed by atoms with Crippen LogP contribution in [-0.2, 0) is 6.18 Å². The largest absolute Gasteiger partial charge is 0.433 e. The lowest BCUT2D eigenvalue weighted by molar-refractivity contribution is -0.141. The Hall–Kier alpha value is -2.64. The van der Waals surface area contributed by atoms with Crippen LogP contribution in [0.3, 0.4) is 0 Å². The molecule has 0 amide bonds. The molecule has 4 nitrogen and oxygen atoms in total. The summed E-state index contributed by atoms with van der Waals surface area (Å²) in [5.41, 5.74) is 2.40. The first-order chi connectivity index (χ1) is 15.3. The second-order valence-corrected chi connectivity index (χ2v) is 8.45. The van der Waals surface area contributed by atoms with E-state index < -0.39 is 11.9 Å². The van der Waals surface area contributed by atoms with E-state index in [1.807, 2.05) is 37.3 Å². The lowest BCUT2D eigenvalue weighted by atomic mass is 9.93. The molecule has 8 heteroatoms. The SMILES string of the molecule is Cc1ccc(C(c2ccccc2)N2CCC(Nc3nccc(C(F)(F)F)n3)CC2)cc1Cl. The number of aromatic nitrogens is 2. The molecule has 0 radical (unpaired) electrons. The Morgan fingerprint density at radius 1 is 1.03 bits per heavy atom. The Morgan fingerprint density at radius 2 is 1.75 bits per heavy atom. The quantitative estimate of drug-likeness (QED) is 0.497. The highest BCUT2D eigenvalue weighted by Gasteiger charge is 2.33. The monoisotopic (exact) mass is 460 g/mol. The molecule has 1 N–H and O–H groups in total. The van der Waals surface area contributed by atoms with Crippen molar-refractivity contribution in [2.45, 2.75) is 38.0 Å². The maximum atomic E-state index is 12.9. The van der Waals surface area contributed by atoms with Crippen molar-refractivity contribution in [3.63, 3.8) is 0 Å². The summed E-state index contributed by atoms with van der Waals surface area (Å²) in [6.45, 7) is 3.54. The van der Waals surface area contributed by atoms with Crippen LogP contribution >= 0.6 is 11.6 Å². The third-order valence-corrected chi connectivity index (χ3v) is 6.21. The molecule has 2 aromatic carbocycles. The van der Waals surface area contributed by atoms with Crippen LogP contribution in [0.15, 0.2) is 60.8 Å². The number of aryl methyl sites for hydroxylation is 1. The molecule has 1 fully saturated rings. The number of benzene rings is 2. The van der Waals surface area contributed by atoms with Crippen molar-refractivity contribution < 1.29 is 13.2 Å². The minimum absolute atomic E-state index is 0.00719. The van der Waals surface area contributed by atoms with Gasteiger partial charge in [-0.25, -0.2) is 9.97 Å². The summed E-state index contributed by atoms with van der Waals surface area (Å²) in [7, 11) is 0. The van der Waals surface area contributed by atoms with Crippen LogP contribution in [-0.4, -0.2) is 34.0 Å². The van der Waals surface area contributed by atoms with Crippen LogP contribution in [0.25, 0.3) is 0 Å². The van der Waals surface area contributed by atoms with Crippen molar-refractivity contribution in [1.29, 1.82) is 0 Å². The van der Waals surface area contributed by atoms with Gasteiger partial charge >= 0.3 is 6.18 Å². The average molecular weight is 461 g/mol. The first kappa shape index (κ1) is 22.6. The Labute approximate surface area is 190 Å². The van der Waals surface area contributed by atoms with Crippen LogP contribution in [0.2, 0.25) is 5.02 Å². The molecule has 1 atom stereocenters. The zero-order valence-electron chi connectivity index (χ0n) is 17.6. The first-order valence-corrected chi connectivity index (χ1v) is 10.9. The summed E-state index contributed by atoms with van der Waals surface area (Å²) < 4.78 is 38.8. The van der Waals surface area contributed by atoms with Crippen molar-refractivity contribution in [2.75, 3.05) is 18.4 Å². The van der Waals surface area contributed by atoms with Crippen molar-refractivity contribution in [2.24, 2.45) is 0 Å². The summed E-state index contributed by atoms with van der Waals surface area (Å²) in [5, 5.41) is 3.82. The Balaban J connectivity index is 1.49. The van der Waals surface area contributed by atoms with Crippen LogP contribution in [0.4, 0.5) is 19.1 Å². The van der Waals surface area contributed by atoms with E-state index in [-0.39, 0.29) is 18.0 Å². The van der Waals surface area contributed by atoms with Crippen LogP contribution < -0.4 is 5.32 Å². The summed E-state index contributed by atoms with van der Waals surface area (Å²) in [6.07, 6.45) is -1.81. The molecule has 168 valence electrons. The fourth-order valence-corrected chi connectivity index (χ4v) is 4.29. The molecule has 1 aliphatic heterocycles. The van der Waals surface area contributed by atoms with Crippen molar-refractivity contribution in [3.8, 4) is 0 Å². The number of hydrogen-bond donors (Lipinski definition) is 1. The average Bonchev–Trinajstić information content (AvgIpc) is 2.78. The maximum absolute atomic E-state index is 12.9. The van der Waals surface area contributed by atoms with Gasteiger partial charge < -0.3 is 5.32 Å². The third-order valence-electron chi connectivity index (χ3n) is 5.80. The summed E-state index contributed by atoms with van der Waals surface area (Å²) in [6, 6.07) is 17.4. The van der Waals surface area contributed by atoms with Gasteiger partial charge in [-0.15, -0.1) is 0 Å². The Bertz CT molecular complexity index is 1050. The van der Waals surface area contributed by atoms with Crippen molar-refractivity contribution in [3.05, 3.63) is 88.2 Å². The van der Waals surface area contributed by atoms with Gasteiger partial charge in [-0.1, -0.05) is 54.1 Å². The number of alkyl halides is 3. The van der Waals surface area contributed by atoms with Crippen LogP contribution in [0, 0.1) is 6.92 Å². The van der Waals surface area contributed by atoms with E-state index in [4.69, 9.17) is 11.6 Å². The number of nitrogens with zero attached hydrogens (tertiary/aromatic N) is 3. The zero-order chi connectivity index (χ0) is 22.7. The van der Waals surface area contributed by atoms with Gasteiger partial charge in [0.1, 0.15) is 5.69 Å². The van der Waals surface area contributed by atoms with Gasteiger partial charge in [0, 0.05) is 30.4 Å². The molecular formula is C24H24ClF3N4. The molecule has 0 saturated carbocycles. The molecule has 4 rings (SSSR count). The summed E-state index contributed by atoms with van der Waals surface area (Å²) in [4.78, 5) is 9.98. The molecule has 1 aromatic heterocycles. The number of nitrogens with one attached hydrogen (secondary N) is 1. The molecule has 0 spiro atoms. The van der Waals surface area contributed by atoms with E-state index in [0.717, 1.165) is 54.3 Å². The fourth-order valence-electron chi connectivity index (χ4n) is 4.10. The number of likely N-dealkylation sites (tertiary alicyclic amines) is 1. The van der Waals surface area contributed by atoms with Gasteiger partial charge in [-0.05, 0) is 48.6 Å². The number of anilines is 1. The predicted molar refractivity (Wildman–Crippen MR) is 120 cm³/mol. The highest BCUT2D eigenvalue weighted by molar-refractivity contribution is 6.31. The van der Waals surface area contributed by atoms with E-state index >= 15 is 0 Å². The topological polar surface area (TPSA) is 41.0 Å². The molecule has 32 heavy (non-hydrogen) atoms. The molecule has 3 aromatic rings. The molecule has 0 bridgehead atoms. The standard InChI is InChI=1S/C24H24ClF3N4/c1-16-7-8-18(15-20(16)25)22(17-5-3-2-4-6-17)32-13-10-19(11-14-32)30-23-29-12-9-21(31-23)24(26,27)28/h2-9,12,15,19,22H,10-11,13-14H2,1H3,(H,29,30,31). The molecule has 1 unspecified atom stereocenters. The minimum Gasteiger partial charge on any atom is -0.351 e. The van der Waals surface area contributed by atoms with E-state index in [1.54, 1.807) is 0 Å². The molecule has 0 aliphatic carbocycles. The lowest BCUT2D eigenvalue weighted by Crippen LogP contribution is -2.41. The number of halogens is 4. The maximum Gasteiger partial charge on any atom is 0.433 e. The normalized spacial score (nSPS) is 16.7.